The second kappa shape index (κ2) is 5.11. The fraction of sp³-hybridized carbons (Fsp3) is 0.533. The number of aryl methyl sites for hydroxylation is 2. The minimum Gasteiger partial charge on any atom is -0.393 e. The largest absolute Gasteiger partial charge is 0.393 e. The maximum absolute atomic E-state index is 12.7. The molecule has 0 aliphatic heterocycles. The highest BCUT2D eigenvalue weighted by molar-refractivity contribution is 6.05. The average Bonchev–Trinajstić information content (AvgIpc) is 2.76. The standard InChI is InChI=1S/C15H19N3O3/c1-8-4-12(13-9(2)17-21-14(13)16-8)15(20)18(3)7-10-5-11(19)6-10/h4,10-11,19H,5-7H2,1-3H3. The Balaban J connectivity index is 1.88. The van der Waals surface area contributed by atoms with Crippen molar-refractivity contribution < 1.29 is 14.4 Å². The average molecular weight is 289 g/mol. The van der Waals surface area contributed by atoms with E-state index in [2.05, 4.69) is 10.1 Å². The van der Waals surface area contributed by atoms with Crippen molar-refractivity contribution in [1.29, 1.82) is 0 Å². The third-order valence-electron chi connectivity index (χ3n) is 4.07. The van der Waals surface area contributed by atoms with Crippen molar-refractivity contribution in [1.82, 2.24) is 15.0 Å². The van der Waals surface area contributed by atoms with Gasteiger partial charge >= 0.3 is 0 Å². The first-order valence-corrected chi connectivity index (χ1v) is 7.13. The summed E-state index contributed by atoms with van der Waals surface area (Å²) in [6, 6.07) is 1.78. The molecule has 2 aromatic heterocycles. The van der Waals surface area contributed by atoms with Crippen LogP contribution < -0.4 is 0 Å². The van der Waals surface area contributed by atoms with E-state index in [-0.39, 0.29) is 12.0 Å². The number of aliphatic hydroxyl groups is 1. The Hall–Kier alpha value is -1.95. The van der Waals surface area contributed by atoms with E-state index in [9.17, 15) is 9.90 Å². The predicted octanol–water partition coefficient (Wildman–Crippen LogP) is 1.68. The van der Waals surface area contributed by atoms with Gasteiger partial charge in [0.05, 0.1) is 22.7 Å². The van der Waals surface area contributed by atoms with Gasteiger partial charge in [-0.15, -0.1) is 0 Å². The number of aromatic nitrogens is 2. The highest BCUT2D eigenvalue weighted by Crippen LogP contribution is 2.29. The molecule has 1 aliphatic carbocycles. The molecule has 0 atom stereocenters. The Labute approximate surface area is 122 Å². The molecule has 0 aromatic carbocycles. The Morgan fingerprint density at radius 3 is 2.86 bits per heavy atom. The van der Waals surface area contributed by atoms with E-state index in [4.69, 9.17) is 4.52 Å². The van der Waals surface area contributed by atoms with E-state index in [0.29, 0.717) is 34.8 Å². The van der Waals surface area contributed by atoms with E-state index < -0.39 is 0 Å². The molecule has 112 valence electrons. The van der Waals surface area contributed by atoms with Crippen LogP contribution in [-0.4, -0.2) is 45.8 Å². The fourth-order valence-electron chi connectivity index (χ4n) is 2.91. The van der Waals surface area contributed by atoms with Crippen molar-refractivity contribution in [3.05, 3.63) is 23.0 Å². The second-order valence-electron chi connectivity index (χ2n) is 5.94. The molecule has 6 heteroatoms. The SMILES string of the molecule is Cc1cc(C(=O)N(C)CC2CC(O)C2)c2c(C)noc2n1. The van der Waals surface area contributed by atoms with Gasteiger partial charge in [0.25, 0.3) is 11.6 Å². The molecule has 2 heterocycles. The quantitative estimate of drug-likeness (QED) is 0.930. The molecule has 1 amide bonds. The highest BCUT2D eigenvalue weighted by Gasteiger charge is 2.30. The summed E-state index contributed by atoms with van der Waals surface area (Å²) in [4.78, 5) is 18.7. The van der Waals surface area contributed by atoms with Gasteiger partial charge in [-0.2, -0.15) is 0 Å². The zero-order valence-electron chi connectivity index (χ0n) is 12.5. The van der Waals surface area contributed by atoms with Crippen LogP contribution in [0.4, 0.5) is 0 Å². The van der Waals surface area contributed by atoms with Gasteiger partial charge in [0.15, 0.2) is 0 Å². The number of rotatable bonds is 3. The lowest BCUT2D eigenvalue weighted by Crippen LogP contribution is -2.39. The van der Waals surface area contributed by atoms with Crippen molar-refractivity contribution in [3.8, 4) is 0 Å². The maximum atomic E-state index is 12.7. The Bertz CT molecular complexity index is 689. The number of pyridine rings is 1. The van der Waals surface area contributed by atoms with E-state index in [1.54, 1.807) is 18.0 Å². The number of hydrogen-bond acceptors (Lipinski definition) is 5. The summed E-state index contributed by atoms with van der Waals surface area (Å²) in [7, 11) is 1.79. The van der Waals surface area contributed by atoms with E-state index >= 15 is 0 Å². The summed E-state index contributed by atoms with van der Waals surface area (Å²) in [5.74, 6) is 0.328. The smallest absolute Gasteiger partial charge is 0.258 e. The van der Waals surface area contributed by atoms with Crippen molar-refractivity contribution in [2.75, 3.05) is 13.6 Å². The molecule has 6 nitrogen and oxygen atoms in total. The summed E-state index contributed by atoms with van der Waals surface area (Å²) >= 11 is 0. The summed E-state index contributed by atoms with van der Waals surface area (Å²) in [6.45, 7) is 4.29. The van der Waals surface area contributed by atoms with Crippen LogP contribution in [0, 0.1) is 19.8 Å². The number of fused-ring (bicyclic) bond motifs is 1. The zero-order valence-corrected chi connectivity index (χ0v) is 12.5. The normalized spacial score (nSPS) is 21.3. The lowest BCUT2D eigenvalue weighted by molar-refractivity contribution is 0.0266. The molecule has 0 radical (unpaired) electrons. The summed E-state index contributed by atoms with van der Waals surface area (Å²) in [6.07, 6.45) is 1.34. The lowest BCUT2D eigenvalue weighted by Gasteiger charge is -2.34. The fourth-order valence-corrected chi connectivity index (χ4v) is 2.91. The molecule has 0 spiro atoms. The summed E-state index contributed by atoms with van der Waals surface area (Å²) in [5.41, 5.74) is 2.39. The molecular formula is C15H19N3O3. The monoisotopic (exact) mass is 289 g/mol. The van der Waals surface area contributed by atoms with Crippen LogP contribution in [0.3, 0.4) is 0 Å². The van der Waals surface area contributed by atoms with Crippen LogP contribution in [0.25, 0.3) is 11.1 Å². The van der Waals surface area contributed by atoms with Gasteiger partial charge < -0.3 is 14.5 Å². The van der Waals surface area contributed by atoms with Crippen LogP contribution in [0.5, 0.6) is 0 Å². The van der Waals surface area contributed by atoms with Crippen molar-refractivity contribution in [2.24, 2.45) is 5.92 Å². The molecule has 21 heavy (non-hydrogen) atoms. The minimum atomic E-state index is -0.200. The van der Waals surface area contributed by atoms with Crippen LogP contribution in [0.15, 0.2) is 10.6 Å². The molecule has 0 unspecified atom stereocenters. The van der Waals surface area contributed by atoms with Gasteiger partial charge in [-0.1, -0.05) is 5.16 Å². The minimum absolute atomic E-state index is 0.0572. The molecule has 0 bridgehead atoms. The molecule has 1 N–H and O–H groups in total. The van der Waals surface area contributed by atoms with Crippen LogP contribution in [-0.2, 0) is 0 Å². The molecule has 0 saturated heterocycles. The molecule has 1 fully saturated rings. The number of amides is 1. The number of carbonyl (C=O) groups excluding carboxylic acids is 1. The molecular weight excluding hydrogens is 270 g/mol. The van der Waals surface area contributed by atoms with Crippen LogP contribution in [0.2, 0.25) is 0 Å². The van der Waals surface area contributed by atoms with Crippen molar-refractivity contribution >= 4 is 17.0 Å². The predicted molar refractivity (Wildman–Crippen MR) is 77.0 cm³/mol. The van der Waals surface area contributed by atoms with Gasteiger partial charge in [-0.05, 0) is 38.7 Å². The van der Waals surface area contributed by atoms with Crippen molar-refractivity contribution in [3.63, 3.8) is 0 Å². The van der Waals surface area contributed by atoms with E-state index in [1.165, 1.54) is 0 Å². The molecule has 1 aliphatic rings. The number of carbonyl (C=O) groups is 1. The topological polar surface area (TPSA) is 79.5 Å². The maximum Gasteiger partial charge on any atom is 0.258 e. The lowest BCUT2D eigenvalue weighted by atomic mass is 9.82. The third kappa shape index (κ3) is 2.51. The summed E-state index contributed by atoms with van der Waals surface area (Å²) in [5, 5.41) is 13.9. The highest BCUT2D eigenvalue weighted by atomic mass is 16.5. The van der Waals surface area contributed by atoms with E-state index in [0.717, 1.165) is 18.5 Å². The first kappa shape index (κ1) is 14.0. The summed E-state index contributed by atoms with van der Waals surface area (Å²) < 4.78 is 5.16. The van der Waals surface area contributed by atoms with Gasteiger partial charge in [0.1, 0.15) is 0 Å². The number of aliphatic hydroxyl groups excluding tert-OH is 1. The first-order chi connectivity index (χ1) is 9.95. The molecule has 2 aromatic rings. The van der Waals surface area contributed by atoms with Gasteiger partial charge in [-0.3, -0.25) is 4.79 Å². The Morgan fingerprint density at radius 2 is 2.19 bits per heavy atom. The third-order valence-corrected chi connectivity index (χ3v) is 4.07. The van der Waals surface area contributed by atoms with Crippen LogP contribution >= 0.6 is 0 Å². The Morgan fingerprint density at radius 1 is 1.48 bits per heavy atom. The number of hydrogen-bond donors (Lipinski definition) is 1. The van der Waals surface area contributed by atoms with Gasteiger partial charge in [0, 0.05) is 19.3 Å². The second-order valence-corrected chi connectivity index (χ2v) is 5.94. The first-order valence-electron chi connectivity index (χ1n) is 7.13. The zero-order chi connectivity index (χ0) is 15.1. The molecule has 1 saturated carbocycles. The molecule has 3 rings (SSSR count). The van der Waals surface area contributed by atoms with Crippen molar-refractivity contribution in [2.45, 2.75) is 32.8 Å². The van der Waals surface area contributed by atoms with Gasteiger partial charge in [-0.25, -0.2) is 4.98 Å². The van der Waals surface area contributed by atoms with E-state index in [1.807, 2.05) is 13.8 Å². The Kier molecular flexibility index (Phi) is 3.41. The number of nitrogens with zero attached hydrogens (tertiary/aromatic N) is 3. The van der Waals surface area contributed by atoms with Crippen LogP contribution in [0.1, 0.15) is 34.6 Å². The van der Waals surface area contributed by atoms with Gasteiger partial charge in [0.2, 0.25) is 0 Å².